The van der Waals surface area contributed by atoms with Crippen molar-refractivity contribution in [2.45, 2.75) is 0 Å². The Bertz CT molecular complexity index is 433. The van der Waals surface area contributed by atoms with Crippen LogP contribution in [0.3, 0.4) is 0 Å². The maximum Gasteiger partial charge on any atom is 0.200 e. The molecule has 0 atom stereocenters. The summed E-state index contributed by atoms with van der Waals surface area (Å²) in [5, 5.41) is 0. The van der Waals surface area contributed by atoms with E-state index < -0.39 is 0 Å². The average molecular weight is 209 g/mol. The van der Waals surface area contributed by atoms with Crippen LogP contribution in [0.15, 0.2) is 59.9 Å². The number of pyridine rings is 2. The molecule has 0 saturated heterocycles. The standard InChI is InChI=1S/C10H9N2O.ClH/c13-10-4-8-12(9-5-10)11-6-2-1-3-7-11;/h1-9H;1H/q+1;/p-1. The monoisotopic (exact) mass is 208 g/mol. The number of nitrogens with zero attached hydrogens (tertiary/aromatic N) is 2. The third-order valence-corrected chi connectivity index (χ3v) is 1.75. The van der Waals surface area contributed by atoms with Crippen molar-refractivity contribution < 1.29 is 17.1 Å². The van der Waals surface area contributed by atoms with E-state index in [4.69, 9.17) is 0 Å². The molecular weight excluding hydrogens is 200 g/mol. The van der Waals surface area contributed by atoms with Crippen LogP contribution in [0.2, 0.25) is 0 Å². The Hall–Kier alpha value is -1.61. The first-order valence-corrected chi connectivity index (χ1v) is 4.01. The minimum atomic E-state index is 0. The van der Waals surface area contributed by atoms with Gasteiger partial charge in [0.25, 0.3) is 0 Å². The highest BCUT2D eigenvalue weighted by molar-refractivity contribution is 4.92. The number of halogens is 1. The fourth-order valence-corrected chi connectivity index (χ4v) is 1.10. The fourth-order valence-electron chi connectivity index (χ4n) is 1.10. The van der Waals surface area contributed by atoms with Gasteiger partial charge < -0.3 is 12.4 Å². The molecule has 0 aliphatic heterocycles. The lowest BCUT2D eigenvalue weighted by Gasteiger charge is -1.96. The van der Waals surface area contributed by atoms with E-state index in [0.29, 0.717) is 0 Å². The van der Waals surface area contributed by atoms with Crippen molar-refractivity contribution >= 4 is 0 Å². The van der Waals surface area contributed by atoms with Gasteiger partial charge in [0.2, 0.25) is 0 Å². The van der Waals surface area contributed by atoms with E-state index in [2.05, 4.69) is 0 Å². The van der Waals surface area contributed by atoms with Gasteiger partial charge in [0.1, 0.15) is 0 Å². The van der Waals surface area contributed by atoms with Gasteiger partial charge in [0.05, 0.1) is 12.4 Å². The van der Waals surface area contributed by atoms with Gasteiger partial charge in [-0.1, -0.05) is 10.7 Å². The Morgan fingerprint density at radius 2 is 1.57 bits per heavy atom. The molecule has 14 heavy (non-hydrogen) atoms. The molecule has 0 bridgehead atoms. The van der Waals surface area contributed by atoms with Crippen LogP contribution >= 0.6 is 0 Å². The number of hydrogen-bond acceptors (Lipinski definition) is 1. The molecule has 0 aliphatic rings. The summed E-state index contributed by atoms with van der Waals surface area (Å²) in [6.07, 6.45) is 7.26. The minimum absolute atomic E-state index is 0. The highest BCUT2D eigenvalue weighted by Gasteiger charge is 1.96. The Kier molecular flexibility index (Phi) is 3.42. The second kappa shape index (κ2) is 4.58. The van der Waals surface area contributed by atoms with Gasteiger partial charge >= 0.3 is 0 Å². The van der Waals surface area contributed by atoms with Gasteiger partial charge in [0, 0.05) is 24.3 Å². The highest BCUT2D eigenvalue weighted by atomic mass is 35.5. The zero-order valence-electron chi connectivity index (χ0n) is 7.38. The molecule has 2 heterocycles. The van der Waals surface area contributed by atoms with Crippen LogP contribution in [0.25, 0.3) is 0 Å². The smallest absolute Gasteiger partial charge is 0.200 e. The van der Waals surface area contributed by atoms with Crippen molar-refractivity contribution in [3.63, 3.8) is 0 Å². The Labute approximate surface area is 87.6 Å². The maximum absolute atomic E-state index is 10.8. The molecular formula is C10H9ClN2O. The molecule has 0 aliphatic carbocycles. The van der Waals surface area contributed by atoms with Crippen molar-refractivity contribution in [3.05, 3.63) is 65.3 Å². The predicted molar refractivity (Wildman–Crippen MR) is 48.1 cm³/mol. The molecule has 0 fully saturated rings. The first kappa shape index (κ1) is 10.5. The Morgan fingerprint density at radius 3 is 2.14 bits per heavy atom. The first-order valence-electron chi connectivity index (χ1n) is 4.01. The molecule has 0 saturated carbocycles. The van der Waals surface area contributed by atoms with Crippen LogP contribution in [-0.4, -0.2) is 4.68 Å². The zero-order chi connectivity index (χ0) is 9.10. The predicted octanol–water partition coefficient (Wildman–Crippen LogP) is -2.55. The molecule has 0 unspecified atom stereocenters. The number of aromatic nitrogens is 2. The third-order valence-electron chi connectivity index (χ3n) is 1.75. The molecule has 0 spiro atoms. The summed E-state index contributed by atoms with van der Waals surface area (Å²) in [6, 6.07) is 8.86. The van der Waals surface area contributed by atoms with Crippen LogP contribution in [0, 0.1) is 0 Å². The SMILES string of the molecule is O=c1ccn(-[n+]2ccccc2)cc1.[Cl-]. The van der Waals surface area contributed by atoms with E-state index >= 15 is 0 Å². The van der Waals surface area contributed by atoms with Crippen molar-refractivity contribution in [3.8, 4) is 0 Å². The van der Waals surface area contributed by atoms with Crippen LogP contribution in [0.5, 0.6) is 0 Å². The highest BCUT2D eigenvalue weighted by Crippen LogP contribution is 1.80. The summed E-state index contributed by atoms with van der Waals surface area (Å²) < 4.78 is 3.70. The van der Waals surface area contributed by atoms with E-state index in [9.17, 15) is 4.79 Å². The molecule has 2 aromatic rings. The maximum atomic E-state index is 10.8. The van der Waals surface area contributed by atoms with Gasteiger partial charge in [-0.05, 0) is 0 Å². The largest absolute Gasteiger partial charge is 1.00 e. The van der Waals surface area contributed by atoms with Crippen LogP contribution in [0.1, 0.15) is 0 Å². The van der Waals surface area contributed by atoms with Crippen LogP contribution in [-0.2, 0) is 0 Å². The Balaban J connectivity index is 0.000000980. The molecule has 0 aromatic carbocycles. The summed E-state index contributed by atoms with van der Waals surface area (Å²) in [7, 11) is 0. The minimum Gasteiger partial charge on any atom is -1.00 e. The molecule has 0 N–H and O–H groups in total. The quantitative estimate of drug-likeness (QED) is 0.474. The summed E-state index contributed by atoms with van der Waals surface area (Å²) in [6.45, 7) is 0. The lowest BCUT2D eigenvalue weighted by atomic mass is 10.5. The summed E-state index contributed by atoms with van der Waals surface area (Å²) in [5.74, 6) is 0. The molecule has 0 amide bonds. The van der Waals surface area contributed by atoms with Crippen LogP contribution in [0.4, 0.5) is 0 Å². The van der Waals surface area contributed by atoms with Crippen molar-refractivity contribution in [2.24, 2.45) is 0 Å². The van der Waals surface area contributed by atoms with E-state index in [1.54, 1.807) is 12.4 Å². The zero-order valence-corrected chi connectivity index (χ0v) is 8.13. The first-order chi connectivity index (χ1) is 6.36. The summed E-state index contributed by atoms with van der Waals surface area (Å²) >= 11 is 0. The Morgan fingerprint density at radius 1 is 1.00 bits per heavy atom. The fraction of sp³-hybridized carbons (Fsp3) is 0. The molecule has 2 aromatic heterocycles. The van der Waals surface area contributed by atoms with Gasteiger partial charge in [-0.15, -0.1) is 4.68 Å². The molecule has 4 heteroatoms. The van der Waals surface area contributed by atoms with Gasteiger partial charge in [-0.2, -0.15) is 0 Å². The van der Waals surface area contributed by atoms with E-state index in [0.717, 1.165) is 0 Å². The average Bonchev–Trinajstić information content (AvgIpc) is 2.20. The molecule has 72 valence electrons. The van der Waals surface area contributed by atoms with E-state index in [1.807, 2.05) is 39.9 Å². The van der Waals surface area contributed by atoms with E-state index in [1.165, 1.54) is 12.1 Å². The molecule has 3 nitrogen and oxygen atoms in total. The lowest BCUT2D eigenvalue weighted by molar-refractivity contribution is -0.728. The van der Waals surface area contributed by atoms with Gasteiger partial charge in [-0.25, -0.2) is 0 Å². The normalized spacial score (nSPS) is 9.14. The molecule has 0 radical (unpaired) electrons. The second-order valence-corrected chi connectivity index (χ2v) is 2.67. The van der Waals surface area contributed by atoms with Gasteiger partial charge in [0.15, 0.2) is 17.8 Å². The van der Waals surface area contributed by atoms with Crippen molar-refractivity contribution in [1.29, 1.82) is 0 Å². The van der Waals surface area contributed by atoms with Crippen molar-refractivity contribution in [1.82, 2.24) is 4.68 Å². The summed E-state index contributed by atoms with van der Waals surface area (Å²) in [5.41, 5.74) is 0.0211. The van der Waals surface area contributed by atoms with Crippen LogP contribution < -0.4 is 22.5 Å². The topological polar surface area (TPSA) is 25.9 Å². The lowest BCUT2D eigenvalue weighted by Crippen LogP contribution is -3.00. The third kappa shape index (κ3) is 2.20. The summed E-state index contributed by atoms with van der Waals surface area (Å²) in [4.78, 5) is 10.8. The van der Waals surface area contributed by atoms with Crippen molar-refractivity contribution in [2.75, 3.05) is 0 Å². The second-order valence-electron chi connectivity index (χ2n) is 2.67. The number of hydrogen-bond donors (Lipinski definition) is 0. The van der Waals surface area contributed by atoms with Gasteiger partial charge in [-0.3, -0.25) is 4.79 Å². The molecule has 2 rings (SSSR count). The van der Waals surface area contributed by atoms with E-state index in [-0.39, 0.29) is 17.8 Å². The number of rotatable bonds is 1.